The molecule has 0 fully saturated rings. The van der Waals surface area contributed by atoms with Gasteiger partial charge < -0.3 is 5.32 Å². The zero-order valence-corrected chi connectivity index (χ0v) is 10.7. The Morgan fingerprint density at radius 3 is 2.62 bits per heavy atom. The average molecular weight is 217 g/mol. The highest BCUT2D eigenvalue weighted by molar-refractivity contribution is 5.28. The lowest BCUT2D eigenvalue weighted by Crippen LogP contribution is -2.34. The molecule has 0 saturated carbocycles. The second kappa shape index (κ2) is 5.01. The number of hydrogen-bond donors (Lipinski definition) is 1. The molecule has 0 aromatic heterocycles. The third-order valence-electron chi connectivity index (χ3n) is 3.63. The molecule has 1 heterocycles. The molecule has 2 unspecified atom stereocenters. The van der Waals surface area contributed by atoms with Crippen LogP contribution >= 0.6 is 0 Å². The Morgan fingerprint density at radius 1 is 1.25 bits per heavy atom. The van der Waals surface area contributed by atoms with Gasteiger partial charge in [-0.1, -0.05) is 45.0 Å². The molecule has 0 spiro atoms. The van der Waals surface area contributed by atoms with E-state index in [-0.39, 0.29) is 0 Å². The second-order valence-corrected chi connectivity index (χ2v) is 5.57. The van der Waals surface area contributed by atoms with E-state index < -0.39 is 0 Å². The van der Waals surface area contributed by atoms with E-state index in [1.165, 1.54) is 24.0 Å². The predicted octanol–water partition coefficient (Wildman–Crippen LogP) is 3.38. The van der Waals surface area contributed by atoms with Crippen LogP contribution in [0, 0.1) is 11.8 Å². The van der Waals surface area contributed by atoms with Gasteiger partial charge in [0.05, 0.1) is 0 Å². The van der Waals surface area contributed by atoms with Crippen molar-refractivity contribution < 1.29 is 0 Å². The monoisotopic (exact) mass is 217 g/mol. The van der Waals surface area contributed by atoms with Gasteiger partial charge in [0.25, 0.3) is 0 Å². The maximum Gasteiger partial charge on any atom is 0.0210 e. The van der Waals surface area contributed by atoms with Crippen molar-refractivity contribution in [3.05, 3.63) is 35.4 Å². The summed E-state index contributed by atoms with van der Waals surface area (Å²) in [6.45, 7) is 8.04. The van der Waals surface area contributed by atoms with Crippen molar-refractivity contribution in [2.75, 3.05) is 0 Å². The van der Waals surface area contributed by atoms with E-state index in [4.69, 9.17) is 0 Å². The Kier molecular flexibility index (Phi) is 3.65. The Hall–Kier alpha value is -0.820. The summed E-state index contributed by atoms with van der Waals surface area (Å²) in [7, 11) is 0. The highest BCUT2D eigenvalue weighted by Gasteiger charge is 2.22. The van der Waals surface area contributed by atoms with E-state index in [9.17, 15) is 0 Å². The average Bonchev–Trinajstić information content (AvgIpc) is 2.39. The third kappa shape index (κ3) is 2.65. The molecule has 1 N–H and O–H groups in total. The first-order valence-electron chi connectivity index (χ1n) is 6.47. The molecule has 1 aliphatic heterocycles. The second-order valence-electron chi connectivity index (χ2n) is 5.57. The first kappa shape index (κ1) is 11.7. The maximum absolute atomic E-state index is 3.72. The van der Waals surface area contributed by atoms with Crippen molar-refractivity contribution in [3.63, 3.8) is 0 Å². The van der Waals surface area contributed by atoms with Crippen LogP contribution in [0.3, 0.4) is 0 Å². The van der Waals surface area contributed by atoms with Gasteiger partial charge in [0.15, 0.2) is 0 Å². The molecule has 1 aromatic rings. The fourth-order valence-electron chi connectivity index (χ4n) is 2.68. The van der Waals surface area contributed by atoms with E-state index in [2.05, 4.69) is 50.4 Å². The maximum atomic E-state index is 3.72. The van der Waals surface area contributed by atoms with Crippen molar-refractivity contribution in [1.29, 1.82) is 0 Å². The fourth-order valence-corrected chi connectivity index (χ4v) is 2.68. The topological polar surface area (TPSA) is 12.0 Å². The molecule has 1 aliphatic rings. The van der Waals surface area contributed by atoms with Crippen LogP contribution in [0.1, 0.15) is 38.3 Å². The van der Waals surface area contributed by atoms with Crippen LogP contribution in [0.4, 0.5) is 0 Å². The van der Waals surface area contributed by atoms with E-state index in [0.29, 0.717) is 6.04 Å². The summed E-state index contributed by atoms with van der Waals surface area (Å²) in [5, 5.41) is 3.72. The molecule has 0 bridgehead atoms. The summed E-state index contributed by atoms with van der Waals surface area (Å²) in [5.41, 5.74) is 3.02. The van der Waals surface area contributed by atoms with Gasteiger partial charge in [-0.25, -0.2) is 0 Å². The van der Waals surface area contributed by atoms with Gasteiger partial charge in [-0.05, 0) is 35.8 Å². The summed E-state index contributed by atoms with van der Waals surface area (Å²) < 4.78 is 0. The molecule has 0 radical (unpaired) electrons. The largest absolute Gasteiger partial charge is 0.310 e. The number of nitrogens with one attached hydrogen (secondary N) is 1. The molecular weight excluding hydrogens is 194 g/mol. The van der Waals surface area contributed by atoms with Crippen LogP contribution in [0.15, 0.2) is 24.3 Å². The molecule has 2 atom stereocenters. The van der Waals surface area contributed by atoms with Crippen molar-refractivity contribution in [1.82, 2.24) is 5.32 Å². The molecule has 1 aromatic carbocycles. The molecule has 0 saturated heterocycles. The van der Waals surface area contributed by atoms with Gasteiger partial charge >= 0.3 is 0 Å². The summed E-state index contributed by atoms with van der Waals surface area (Å²) in [5.74, 6) is 1.52. The van der Waals surface area contributed by atoms with Crippen molar-refractivity contribution in [2.24, 2.45) is 11.8 Å². The molecular formula is C15H23N. The van der Waals surface area contributed by atoms with Crippen molar-refractivity contribution in [3.8, 4) is 0 Å². The van der Waals surface area contributed by atoms with Crippen LogP contribution in [0.5, 0.6) is 0 Å². The van der Waals surface area contributed by atoms with Crippen molar-refractivity contribution in [2.45, 2.75) is 46.2 Å². The van der Waals surface area contributed by atoms with Gasteiger partial charge in [0, 0.05) is 12.6 Å². The Labute approximate surface area is 99.3 Å². The van der Waals surface area contributed by atoms with Crippen LogP contribution in [0.25, 0.3) is 0 Å². The quantitative estimate of drug-likeness (QED) is 0.800. The molecule has 1 nitrogen and oxygen atoms in total. The first-order valence-corrected chi connectivity index (χ1v) is 6.47. The van der Waals surface area contributed by atoms with Gasteiger partial charge in [0.1, 0.15) is 0 Å². The SMILES string of the molecule is CC(C)CC1NCc2ccccc2CC1C. The lowest BCUT2D eigenvalue weighted by molar-refractivity contribution is 0.328. The predicted molar refractivity (Wildman–Crippen MR) is 69.4 cm³/mol. The summed E-state index contributed by atoms with van der Waals surface area (Å²) >= 11 is 0. The summed E-state index contributed by atoms with van der Waals surface area (Å²) in [6, 6.07) is 9.52. The van der Waals surface area contributed by atoms with Gasteiger partial charge in [-0.15, -0.1) is 0 Å². The molecule has 0 aliphatic carbocycles. The first-order chi connectivity index (χ1) is 7.66. The lowest BCUT2D eigenvalue weighted by atomic mass is 9.89. The lowest BCUT2D eigenvalue weighted by Gasteiger charge is -2.24. The van der Waals surface area contributed by atoms with Gasteiger partial charge in [-0.2, -0.15) is 0 Å². The zero-order valence-electron chi connectivity index (χ0n) is 10.7. The van der Waals surface area contributed by atoms with Crippen molar-refractivity contribution >= 4 is 0 Å². The number of benzene rings is 1. The minimum atomic E-state index is 0.674. The number of rotatable bonds is 2. The summed E-state index contributed by atoms with van der Waals surface area (Å²) in [4.78, 5) is 0. The fraction of sp³-hybridized carbons (Fsp3) is 0.600. The van der Waals surface area contributed by atoms with E-state index in [1.54, 1.807) is 0 Å². The minimum absolute atomic E-state index is 0.674. The minimum Gasteiger partial charge on any atom is -0.310 e. The summed E-state index contributed by atoms with van der Waals surface area (Å²) in [6.07, 6.45) is 2.51. The highest BCUT2D eigenvalue weighted by atomic mass is 14.9. The van der Waals surface area contributed by atoms with Crippen LogP contribution in [-0.4, -0.2) is 6.04 Å². The van der Waals surface area contributed by atoms with E-state index in [1.807, 2.05) is 0 Å². The normalized spacial score (nSPS) is 25.2. The molecule has 1 heteroatoms. The number of fused-ring (bicyclic) bond motifs is 1. The Bertz CT molecular complexity index is 343. The van der Waals surface area contributed by atoms with E-state index in [0.717, 1.165) is 18.4 Å². The van der Waals surface area contributed by atoms with E-state index >= 15 is 0 Å². The Balaban J connectivity index is 2.12. The standard InChI is InChI=1S/C15H23N/c1-11(2)8-15-12(3)9-13-6-4-5-7-14(13)10-16-15/h4-7,11-12,15-16H,8-10H2,1-3H3. The zero-order chi connectivity index (χ0) is 11.5. The third-order valence-corrected chi connectivity index (χ3v) is 3.63. The highest BCUT2D eigenvalue weighted by Crippen LogP contribution is 2.23. The molecule has 2 rings (SSSR count). The molecule has 0 amide bonds. The smallest absolute Gasteiger partial charge is 0.0210 e. The Morgan fingerprint density at radius 2 is 1.94 bits per heavy atom. The van der Waals surface area contributed by atoms with Crippen LogP contribution < -0.4 is 5.32 Å². The van der Waals surface area contributed by atoms with Crippen LogP contribution in [0.2, 0.25) is 0 Å². The molecule has 16 heavy (non-hydrogen) atoms. The number of hydrogen-bond acceptors (Lipinski definition) is 1. The van der Waals surface area contributed by atoms with Crippen LogP contribution in [-0.2, 0) is 13.0 Å². The molecule has 88 valence electrons. The van der Waals surface area contributed by atoms with Gasteiger partial charge in [-0.3, -0.25) is 0 Å². The van der Waals surface area contributed by atoms with Gasteiger partial charge in [0.2, 0.25) is 0 Å².